The fourth-order valence-electron chi connectivity index (χ4n) is 3.29. The first-order valence-corrected chi connectivity index (χ1v) is 9.68. The van der Waals surface area contributed by atoms with E-state index in [9.17, 15) is 4.79 Å². The first-order valence-electron chi connectivity index (χ1n) is 9.68. The van der Waals surface area contributed by atoms with E-state index in [0.29, 0.717) is 24.6 Å². The number of carbonyl (C=O) groups excluding carboxylic acids is 1. The number of rotatable bonds is 8. The SMILES string of the molecule is COc1ccc(CNC(=O)C(C)N(C)Cc2ccc3ccccc3c2)cc1OC. The van der Waals surface area contributed by atoms with Gasteiger partial charge in [-0.25, -0.2) is 0 Å². The molecule has 0 heterocycles. The van der Waals surface area contributed by atoms with Gasteiger partial charge in [-0.15, -0.1) is 0 Å². The molecule has 3 aromatic rings. The minimum atomic E-state index is -0.249. The van der Waals surface area contributed by atoms with Crippen LogP contribution in [0.2, 0.25) is 0 Å². The summed E-state index contributed by atoms with van der Waals surface area (Å²) >= 11 is 0. The first-order chi connectivity index (χ1) is 14.0. The van der Waals surface area contributed by atoms with Crippen molar-refractivity contribution in [1.82, 2.24) is 10.2 Å². The first kappa shape index (κ1) is 20.7. The Balaban J connectivity index is 1.58. The Morgan fingerprint density at radius 1 is 0.931 bits per heavy atom. The van der Waals surface area contributed by atoms with Crippen LogP contribution in [0, 0.1) is 0 Å². The van der Waals surface area contributed by atoms with Crippen LogP contribution in [0.15, 0.2) is 60.7 Å². The Hall–Kier alpha value is -3.05. The number of nitrogens with zero attached hydrogens (tertiary/aromatic N) is 1. The highest BCUT2D eigenvalue weighted by molar-refractivity contribution is 5.83. The second kappa shape index (κ2) is 9.43. The van der Waals surface area contributed by atoms with E-state index in [0.717, 1.165) is 5.56 Å². The molecule has 1 atom stereocenters. The fraction of sp³-hybridized carbons (Fsp3) is 0.292. The predicted molar refractivity (Wildman–Crippen MR) is 116 cm³/mol. The van der Waals surface area contributed by atoms with E-state index in [1.807, 2.05) is 49.2 Å². The summed E-state index contributed by atoms with van der Waals surface area (Å²) in [5.74, 6) is 1.31. The highest BCUT2D eigenvalue weighted by atomic mass is 16.5. The summed E-state index contributed by atoms with van der Waals surface area (Å²) in [5.41, 5.74) is 2.14. The molecule has 1 unspecified atom stereocenters. The van der Waals surface area contributed by atoms with Crippen molar-refractivity contribution in [1.29, 1.82) is 0 Å². The smallest absolute Gasteiger partial charge is 0.237 e. The van der Waals surface area contributed by atoms with Crippen molar-refractivity contribution in [3.8, 4) is 11.5 Å². The summed E-state index contributed by atoms with van der Waals surface area (Å²) in [6, 6.07) is 20.1. The van der Waals surface area contributed by atoms with Gasteiger partial charge < -0.3 is 14.8 Å². The van der Waals surface area contributed by atoms with E-state index < -0.39 is 0 Å². The molecule has 0 bridgehead atoms. The summed E-state index contributed by atoms with van der Waals surface area (Å²) in [6.45, 7) is 3.06. The van der Waals surface area contributed by atoms with E-state index in [2.05, 4.69) is 35.6 Å². The zero-order chi connectivity index (χ0) is 20.8. The topological polar surface area (TPSA) is 50.8 Å². The maximum absolute atomic E-state index is 12.6. The monoisotopic (exact) mass is 392 g/mol. The average Bonchev–Trinajstić information content (AvgIpc) is 2.76. The second-order valence-corrected chi connectivity index (χ2v) is 7.18. The van der Waals surface area contributed by atoms with Gasteiger partial charge in [0.1, 0.15) is 0 Å². The standard InChI is InChI=1S/C24H28N2O3/c1-17(24(27)25-15-18-10-12-22(28-3)23(14-18)29-4)26(2)16-19-9-11-20-7-5-6-8-21(20)13-19/h5-14,17H,15-16H2,1-4H3,(H,25,27). The Morgan fingerprint density at radius 3 is 2.34 bits per heavy atom. The second-order valence-electron chi connectivity index (χ2n) is 7.18. The number of amides is 1. The van der Waals surface area contributed by atoms with Crippen LogP contribution >= 0.6 is 0 Å². The van der Waals surface area contributed by atoms with E-state index in [1.165, 1.54) is 16.3 Å². The van der Waals surface area contributed by atoms with Crippen LogP contribution in [0.25, 0.3) is 10.8 Å². The molecule has 3 rings (SSSR count). The Kier molecular flexibility index (Phi) is 6.73. The van der Waals surface area contributed by atoms with Gasteiger partial charge in [-0.3, -0.25) is 9.69 Å². The van der Waals surface area contributed by atoms with Crippen molar-refractivity contribution in [2.45, 2.75) is 26.1 Å². The maximum Gasteiger partial charge on any atom is 0.237 e. The molecule has 152 valence electrons. The van der Waals surface area contributed by atoms with Crippen LogP contribution in [0.3, 0.4) is 0 Å². The molecule has 0 aliphatic carbocycles. The van der Waals surface area contributed by atoms with Crippen molar-refractivity contribution < 1.29 is 14.3 Å². The van der Waals surface area contributed by atoms with Gasteiger partial charge in [0, 0.05) is 13.1 Å². The Morgan fingerprint density at radius 2 is 1.62 bits per heavy atom. The Bertz CT molecular complexity index is 987. The van der Waals surface area contributed by atoms with Crippen LogP contribution in [0.5, 0.6) is 11.5 Å². The van der Waals surface area contributed by atoms with Crippen LogP contribution in [-0.2, 0) is 17.9 Å². The number of likely N-dealkylation sites (N-methyl/N-ethyl adjacent to an activating group) is 1. The molecule has 0 aromatic heterocycles. The minimum absolute atomic E-state index is 0.0110. The lowest BCUT2D eigenvalue weighted by Crippen LogP contribution is -2.42. The average molecular weight is 392 g/mol. The van der Waals surface area contributed by atoms with Gasteiger partial charge in [-0.1, -0.05) is 42.5 Å². The Labute approximate surface area is 172 Å². The largest absolute Gasteiger partial charge is 0.493 e. The van der Waals surface area contributed by atoms with Gasteiger partial charge >= 0.3 is 0 Å². The number of carbonyl (C=O) groups is 1. The number of fused-ring (bicyclic) bond motifs is 1. The molecule has 0 fully saturated rings. The fourth-order valence-corrected chi connectivity index (χ4v) is 3.29. The molecule has 29 heavy (non-hydrogen) atoms. The van der Waals surface area contributed by atoms with Crippen molar-refractivity contribution in [2.75, 3.05) is 21.3 Å². The molecule has 0 spiro atoms. The number of benzene rings is 3. The lowest BCUT2D eigenvalue weighted by Gasteiger charge is -2.24. The third-order valence-electron chi connectivity index (χ3n) is 5.20. The van der Waals surface area contributed by atoms with E-state index >= 15 is 0 Å². The van der Waals surface area contributed by atoms with Crippen LogP contribution in [0.4, 0.5) is 0 Å². The molecule has 5 heteroatoms. The van der Waals surface area contributed by atoms with Gasteiger partial charge in [0.15, 0.2) is 11.5 Å². The van der Waals surface area contributed by atoms with Gasteiger partial charge in [0.2, 0.25) is 5.91 Å². The zero-order valence-corrected chi connectivity index (χ0v) is 17.4. The summed E-state index contributed by atoms with van der Waals surface area (Å²) in [7, 11) is 5.17. The molecular formula is C24H28N2O3. The quantitative estimate of drug-likeness (QED) is 0.630. The van der Waals surface area contributed by atoms with Crippen LogP contribution in [-0.4, -0.2) is 38.1 Å². The number of ether oxygens (including phenoxy) is 2. The van der Waals surface area contributed by atoms with E-state index in [4.69, 9.17) is 9.47 Å². The highest BCUT2D eigenvalue weighted by Crippen LogP contribution is 2.27. The molecule has 0 radical (unpaired) electrons. The predicted octanol–water partition coefficient (Wildman–Crippen LogP) is 3.99. The minimum Gasteiger partial charge on any atom is -0.493 e. The third kappa shape index (κ3) is 5.06. The van der Waals surface area contributed by atoms with Crippen LogP contribution < -0.4 is 14.8 Å². The summed E-state index contributed by atoms with van der Waals surface area (Å²) < 4.78 is 10.6. The van der Waals surface area contributed by atoms with Crippen molar-refractivity contribution >= 4 is 16.7 Å². The molecule has 3 aromatic carbocycles. The van der Waals surface area contributed by atoms with Crippen LogP contribution in [0.1, 0.15) is 18.1 Å². The molecule has 1 N–H and O–H groups in total. The van der Waals surface area contributed by atoms with Gasteiger partial charge in [-0.05, 0) is 54.1 Å². The number of hydrogen-bond acceptors (Lipinski definition) is 4. The number of nitrogens with one attached hydrogen (secondary N) is 1. The lowest BCUT2D eigenvalue weighted by atomic mass is 10.1. The zero-order valence-electron chi connectivity index (χ0n) is 17.4. The molecule has 0 aliphatic heterocycles. The lowest BCUT2D eigenvalue weighted by molar-refractivity contribution is -0.125. The molecule has 5 nitrogen and oxygen atoms in total. The molecule has 0 saturated carbocycles. The number of methoxy groups -OCH3 is 2. The van der Waals surface area contributed by atoms with Gasteiger partial charge in [0.05, 0.1) is 20.3 Å². The van der Waals surface area contributed by atoms with Gasteiger partial charge in [0.25, 0.3) is 0 Å². The van der Waals surface area contributed by atoms with Crippen molar-refractivity contribution in [2.24, 2.45) is 0 Å². The summed E-state index contributed by atoms with van der Waals surface area (Å²) in [5, 5.41) is 5.44. The summed E-state index contributed by atoms with van der Waals surface area (Å²) in [4.78, 5) is 14.7. The maximum atomic E-state index is 12.6. The van der Waals surface area contributed by atoms with E-state index in [-0.39, 0.29) is 11.9 Å². The molecule has 0 aliphatic rings. The summed E-state index contributed by atoms with van der Waals surface area (Å²) in [6.07, 6.45) is 0. The molecule has 0 saturated heterocycles. The van der Waals surface area contributed by atoms with Crippen molar-refractivity contribution in [3.63, 3.8) is 0 Å². The van der Waals surface area contributed by atoms with Crippen molar-refractivity contribution in [3.05, 3.63) is 71.8 Å². The molecule has 1 amide bonds. The van der Waals surface area contributed by atoms with E-state index in [1.54, 1.807) is 14.2 Å². The van der Waals surface area contributed by atoms with Gasteiger partial charge in [-0.2, -0.15) is 0 Å². The normalized spacial score (nSPS) is 12.0. The molecular weight excluding hydrogens is 364 g/mol. The highest BCUT2D eigenvalue weighted by Gasteiger charge is 2.18. The third-order valence-corrected chi connectivity index (χ3v) is 5.20. The number of hydrogen-bond donors (Lipinski definition) is 1.